The molecule has 0 heterocycles. The van der Waals surface area contributed by atoms with Crippen LogP contribution in [-0.2, 0) is 20.2 Å². The van der Waals surface area contributed by atoms with Crippen molar-refractivity contribution in [3.8, 4) is 0 Å². The van der Waals surface area contributed by atoms with Gasteiger partial charge in [-0.15, -0.1) is 0 Å². The zero-order valence-electron chi connectivity index (χ0n) is 9.88. The maximum absolute atomic E-state index is 11.4. The highest BCUT2D eigenvalue weighted by molar-refractivity contribution is 7.90. The van der Waals surface area contributed by atoms with E-state index in [0.29, 0.717) is 6.08 Å². The molecule has 0 fully saturated rings. The number of hydrogen-bond donors (Lipinski definition) is 4. The normalized spacial score (nSPS) is 26.9. The predicted molar refractivity (Wildman–Crippen MR) is 69.2 cm³/mol. The number of allylic oxidation sites excluding steroid dienone is 3. The minimum atomic E-state index is -5.13. The molecule has 2 aliphatic carbocycles. The minimum Gasteiger partial charge on any atom is -0.401 e. The smallest absolute Gasteiger partial charge is 0.303 e. The van der Waals surface area contributed by atoms with Crippen LogP contribution in [0.5, 0.6) is 0 Å². The van der Waals surface area contributed by atoms with Gasteiger partial charge in [0.2, 0.25) is 4.93 Å². The van der Waals surface area contributed by atoms with Gasteiger partial charge in [-0.25, -0.2) is 0 Å². The summed E-state index contributed by atoms with van der Waals surface area (Å²) < 4.78 is 63.3. The molecule has 0 aromatic heterocycles. The SMILES string of the molecule is NC1=C2C(=CC(S(=O)(=O)O)=CC2(O)S(=O)(=O)O)C=CC1. The highest BCUT2D eigenvalue weighted by Gasteiger charge is 2.48. The summed E-state index contributed by atoms with van der Waals surface area (Å²) in [5.74, 6) is 0. The first-order chi connectivity index (χ1) is 8.97. The lowest BCUT2D eigenvalue weighted by Crippen LogP contribution is -2.43. The first kappa shape index (κ1) is 14.9. The fourth-order valence-corrected chi connectivity index (χ4v) is 3.51. The number of hydrogen-bond acceptors (Lipinski definition) is 6. The zero-order chi connectivity index (χ0) is 15.3. The lowest BCUT2D eigenvalue weighted by atomic mass is 9.88. The summed E-state index contributed by atoms with van der Waals surface area (Å²) in [7, 11) is -9.90. The second-order valence-electron chi connectivity index (χ2n) is 4.30. The first-order valence-electron chi connectivity index (χ1n) is 5.24. The second kappa shape index (κ2) is 4.27. The number of rotatable bonds is 2. The Kier molecular flexibility index (Phi) is 3.19. The standard InChI is InChI=1S/C10H11NO7S2/c11-8-3-1-2-6-4-7(19(13,14)15)5-10(12,9(6)8)20(16,17)18/h1-2,4-5,12H,3,11H2,(H,13,14,15)(H,16,17,18). The molecule has 1 unspecified atom stereocenters. The third kappa shape index (κ3) is 2.21. The van der Waals surface area contributed by atoms with Gasteiger partial charge in [-0.05, 0) is 17.7 Å². The zero-order valence-corrected chi connectivity index (χ0v) is 11.5. The van der Waals surface area contributed by atoms with E-state index in [4.69, 9.17) is 10.3 Å². The molecular weight excluding hydrogens is 310 g/mol. The van der Waals surface area contributed by atoms with Crippen LogP contribution in [0.25, 0.3) is 0 Å². The van der Waals surface area contributed by atoms with E-state index in [1.807, 2.05) is 0 Å². The summed E-state index contributed by atoms with van der Waals surface area (Å²) in [6, 6.07) is 0. The van der Waals surface area contributed by atoms with Gasteiger partial charge in [0.05, 0.1) is 4.91 Å². The minimum absolute atomic E-state index is 0.0241. The van der Waals surface area contributed by atoms with E-state index in [-0.39, 0.29) is 23.3 Å². The van der Waals surface area contributed by atoms with Crippen LogP contribution >= 0.6 is 0 Å². The molecule has 5 N–H and O–H groups in total. The van der Waals surface area contributed by atoms with E-state index in [9.17, 15) is 26.5 Å². The summed E-state index contributed by atoms with van der Waals surface area (Å²) in [4.78, 5) is -3.88. The highest BCUT2D eigenvalue weighted by Crippen LogP contribution is 2.40. The maximum atomic E-state index is 11.4. The Bertz CT molecular complexity index is 799. The quantitative estimate of drug-likeness (QED) is 0.494. The molecule has 0 aromatic carbocycles. The average Bonchev–Trinajstić information content (AvgIpc) is 2.25. The van der Waals surface area contributed by atoms with Gasteiger partial charge >= 0.3 is 10.1 Å². The third-order valence-corrected chi connectivity index (χ3v) is 4.87. The second-order valence-corrected chi connectivity index (χ2v) is 7.29. The predicted octanol–water partition coefficient (Wildman–Crippen LogP) is -0.553. The summed E-state index contributed by atoms with van der Waals surface area (Å²) in [5.41, 5.74) is 5.24. The van der Waals surface area contributed by atoms with Gasteiger partial charge in [0.25, 0.3) is 10.1 Å². The lowest BCUT2D eigenvalue weighted by Gasteiger charge is -2.31. The van der Waals surface area contributed by atoms with Crippen molar-refractivity contribution < 1.29 is 31.0 Å². The van der Waals surface area contributed by atoms with Gasteiger partial charge in [-0.3, -0.25) is 9.11 Å². The van der Waals surface area contributed by atoms with Crippen LogP contribution in [0, 0.1) is 0 Å². The van der Waals surface area contributed by atoms with Crippen LogP contribution < -0.4 is 5.73 Å². The van der Waals surface area contributed by atoms with Crippen molar-refractivity contribution in [2.24, 2.45) is 5.73 Å². The van der Waals surface area contributed by atoms with E-state index >= 15 is 0 Å². The first-order valence-corrected chi connectivity index (χ1v) is 8.12. The van der Waals surface area contributed by atoms with E-state index in [2.05, 4.69) is 0 Å². The van der Waals surface area contributed by atoms with E-state index < -0.39 is 30.1 Å². The summed E-state index contributed by atoms with van der Waals surface area (Å²) in [5, 5.41) is 10.2. The molecule has 20 heavy (non-hydrogen) atoms. The van der Waals surface area contributed by atoms with Crippen LogP contribution in [0.3, 0.4) is 0 Å². The molecule has 1 atom stereocenters. The van der Waals surface area contributed by atoms with Crippen molar-refractivity contribution in [2.45, 2.75) is 11.4 Å². The van der Waals surface area contributed by atoms with Crippen molar-refractivity contribution in [2.75, 3.05) is 0 Å². The Morgan fingerprint density at radius 2 is 1.80 bits per heavy atom. The molecule has 0 saturated carbocycles. The monoisotopic (exact) mass is 321 g/mol. The molecule has 0 spiro atoms. The van der Waals surface area contributed by atoms with Crippen LogP contribution in [-0.4, -0.2) is 36.0 Å². The summed E-state index contributed by atoms with van der Waals surface area (Å²) in [6.45, 7) is 0. The Hall–Kier alpha value is -1.46. The topological polar surface area (TPSA) is 155 Å². The summed E-state index contributed by atoms with van der Waals surface area (Å²) in [6.07, 6.45) is 4.26. The van der Waals surface area contributed by atoms with Crippen LogP contribution in [0.4, 0.5) is 0 Å². The molecule has 0 bridgehead atoms. The van der Waals surface area contributed by atoms with Gasteiger partial charge in [0.15, 0.2) is 0 Å². The molecule has 8 nitrogen and oxygen atoms in total. The molecule has 0 aliphatic heterocycles. The van der Waals surface area contributed by atoms with Crippen molar-refractivity contribution in [1.82, 2.24) is 0 Å². The molecule has 2 rings (SSSR count). The molecule has 0 amide bonds. The largest absolute Gasteiger partial charge is 0.401 e. The van der Waals surface area contributed by atoms with Crippen molar-refractivity contribution in [3.63, 3.8) is 0 Å². The molecule has 0 radical (unpaired) electrons. The summed E-state index contributed by atoms with van der Waals surface area (Å²) >= 11 is 0. The molecule has 110 valence electrons. The average molecular weight is 321 g/mol. The van der Waals surface area contributed by atoms with Gasteiger partial charge in [-0.2, -0.15) is 16.8 Å². The Balaban J connectivity index is 2.85. The van der Waals surface area contributed by atoms with Gasteiger partial charge < -0.3 is 10.8 Å². The third-order valence-electron chi connectivity index (χ3n) is 2.93. The highest BCUT2D eigenvalue weighted by atomic mass is 32.2. The molecule has 0 saturated heterocycles. The van der Waals surface area contributed by atoms with Gasteiger partial charge in [-0.1, -0.05) is 12.2 Å². The van der Waals surface area contributed by atoms with Gasteiger partial charge in [0, 0.05) is 17.7 Å². The van der Waals surface area contributed by atoms with E-state index in [0.717, 1.165) is 6.08 Å². The number of fused-ring (bicyclic) bond motifs is 1. The van der Waals surface area contributed by atoms with Crippen LogP contribution in [0.2, 0.25) is 0 Å². The maximum Gasteiger partial charge on any atom is 0.303 e. The van der Waals surface area contributed by atoms with Gasteiger partial charge in [0.1, 0.15) is 0 Å². The van der Waals surface area contributed by atoms with Crippen LogP contribution in [0.15, 0.2) is 46.1 Å². The molecular formula is C10H11NO7S2. The Morgan fingerprint density at radius 1 is 1.20 bits per heavy atom. The molecule has 0 aromatic rings. The number of nitrogens with two attached hydrogens (primary N) is 1. The van der Waals surface area contributed by atoms with Crippen molar-refractivity contribution in [3.05, 3.63) is 46.1 Å². The molecule has 10 heteroatoms. The number of aliphatic hydroxyl groups is 1. The fraction of sp³-hybridized carbons (Fsp3) is 0.200. The Morgan fingerprint density at radius 3 is 2.30 bits per heavy atom. The van der Waals surface area contributed by atoms with E-state index in [1.54, 1.807) is 0 Å². The lowest BCUT2D eigenvalue weighted by molar-refractivity contribution is 0.195. The van der Waals surface area contributed by atoms with Crippen molar-refractivity contribution >= 4 is 20.2 Å². The fourth-order valence-electron chi connectivity index (χ4n) is 2.05. The Labute approximate surface area is 115 Å². The molecule has 2 aliphatic rings. The van der Waals surface area contributed by atoms with E-state index in [1.165, 1.54) is 12.2 Å². The van der Waals surface area contributed by atoms with Crippen molar-refractivity contribution in [1.29, 1.82) is 0 Å². The van der Waals surface area contributed by atoms with Crippen LogP contribution in [0.1, 0.15) is 6.42 Å².